The number of hydrogen-bond donors (Lipinski definition) is 3. The number of aromatic nitrogens is 5. The first-order chi connectivity index (χ1) is 64.0. The van der Waals surface area contributed by atoms with Gasteiger partial charge in [-0.3, -0.25) is 4.79 Å². The topological polar surface area (TPSA) is 405 Å². The quantitative estimate of drug-likeness (QED) is 0.0597. The Morgan fingerprint density at radius 3 is 0.850 bits per heavy atom. The van der Waals surface area contributed by atoms with E-state index in [1.807, 2.05) is 78.1 Å². The minimum absolute atomic E-state index is 0.0459. The molecule has 6 N–H and O–H groups in total. The van der Waals surface area contributed by atoms with Crippen LogP contribution in [0.25, 0.3) is 52.2 Å². The third-order valence-electron chi connectivity index (χ3n) is 24.9. The maximum atomic E-state index is 13.2. The number of nitrogens with zero attached hydrogens (tertiary/aromatic N) is 10. The maximum Gasteiger partial charge on any atom is 0.183 e. The highest BCUT2D eigenvalue weighted by Gasteiger charge is 2.38. The van der Waals surface area contributed by atoms with Gasteiger partial charge in [0.15, 0.2) is 60.5 Å². The second kappa shape index (κ2) is 43.6. The highest BCUT2D eigenvalue weighted by Crippen LogP contribution is 2.44. The van der Waals surface area contributed by atoms with Crippen LogP contribution in [0.4, 0.5) is 43.8 Å². The monoisotopic (exact) mass is 1990 g/mol. The molecule has 10 aliphatic heterocycles. The van der Waals surface area contributed by atoms with E-state index in [4.69, 9.17) is 64.6 Å². The number of ketones is 1. The van der Waals surface area contributed by atoms with Crippen molar-refractivity contribution in [3.05, 3.63) is 136 Å². The number of benzene rings is 5. The molecule has 10 aliphatic rings. The molecule has 133 heavy (non-hydrogen) atoms. The summed E-state index contributed by atoms with van der Waals surface area (Å²) in [6, 6.07) is 28.6. The molecule has 716 valence electrons. The summed E-state index contributed by atoms with van der Waals surface area (Å²) in [5.74, 6) is 0.115. The first kappa shape index (κ1) is 97.8. The highest BCUT2D eigenvalue weighted by molar-refractivity contribution is 7.93. The molecular formula is C92H115N13O19S9. The van der Waals surface area contributed by atoms with Crippen molar-refractivity contribution >= 4 is 146 Å². The van der Waals surface area contributed by atoms with E-state index in [1.165, 1.54) is 34.0 Å². The van der Waals surface area contributed by atoms with E-state index in [0.717, 1.165) is 191 Å². The fourth-order valence-corrected chi connectivity index (χ4v) is 28.3. The van der Waals surface area contributed by atoms with Crippen LogP contribution in [-0.2, 0) is 86.7 Å². The van der Waals surface area contributed by atoms with Gasteiger partial charge in [-0.05, 0) is 192 Å². The Morgan fingerprint density at radius 2 is 0.586 bits per heavy atom. The minimum atomic E-state index is -3.47. The van der Waals surface area contributed by atoms with Crippen LogP contribution in [-0.4, -0.2) is 283 Å². The molecule has 32 nitrogen and oxygen atoms in total. The molecule has 10 fully saturated rings. The zero-order chi connectivity index (χ0) is 93.3. The van der Waals surface area contributed by atoms with Crippen LogP contribution in [0.5, 0.6) is 0 Å². The molecule has 0 radical (unpaired) electrons. The molecule has 20 rings (SSSR count). The number of aryl methyl sites for hydroxylation is 6. The van der Waals surface area contributed by atoms with Gasteiger partial charge in [0, 0.05) is 145 Å². The zero-order valence-electron chi connectivity index (χ0n) is 75.5. The number of ether oxygens (including phenoxy) is 10. The summed E-state index contributed by atoms with van der Waals surface area (Å²) in [7, 11) is -13.8. The van der Waals surface area contributed by atoms with Gasteiger partial charge in [0.1, 0.15) is 0 Å². The van der Waals surface area contributed by atoms with E-state index in [9.17, 15) is 38.5 Å². The Hall–Kier alpha value is -8.28. The molecule has 0 aliphatic carbocycles. The van der Waals surface area contributed by atoms with Crippen LogP contribution in [0.3, 0.4) is 0 Å². The van der Waals surface area contributed by atoms with Gasteiger partial charge in [-0.15, -0.1) is 22.7 Å². The number of thiazole rings is 5. The van der Waals surface area contributed by atoms with Crippen molar-refractivity contribution in [3.63, 3.8) is 0 Å². The molecule has 0 amide bonds. The Balaban J connectivity index is 0.000000121. The van der Waals surface area contributed by atoms with Crippen LogP contribution < -0.4 is 41.7 Å². The second-order valence-electron chi connectivity index (χ2n) is 34.0. The van der Waals surface area contributed by atoms with Crippen LogP contribution in [0.1, 0.15) is 75.3 Å². The smallest absolute Gasteiger partial charge is 0.183 e. The molecule has 0 saturated carbocycles. The lowest BCUT2D eigenvalue weighted by Crippen LogP contribution is -2.36. The third kappa shape index (κ3) is 23.4. The molecule has 0 bridgehead atoms. The largest absolute Gasteiger partial charge is 0.381 e. The Labute approximate surface area is 797 Å². The van der Waals surface area contributed by atoms with Gasteiger partial charge in [0.2, 0.25) is 0 Å². The summed E-state index contributed by atoms with van der Waals surface area (Å²) >= 11 is 7.39. The molecule has 15 heterocycles. The van der Waals surface area contributed by atoms with E-state index in [1.54, 1.807) is 65.1 Å². The summed E-state index contributed by atoms with van der Waals surface area (Å²) in [4.78, 5) is 52.0. The van der Waals surface area contributed by atoms with Crippen molar-refractivity contribution in [1.29, 1.82) is 0 Å². The van der Waals surface area contributed by atoms with Crippen molar-refractivity contribution in [2.24, 2.45) is 5.92 Å². The summed E-state index contributed by atoms with van der Waals surface area (Å²) in [5.41, 5.74) is 31.0. The van der Waals surface area contributed by atoms with Crippen molar-refractivity contribution in [2.45, 2.75) is 114 Å². The van der Waals surface area contributed by atoms with E-state index >= 15 is 0 Å². The van der Waals surface area contributed by atoms with Crippen LogP contribution in [0, 0.1) is 47.5 Å². The van der Waals surface area contributed by atoms with Gasteiger partial charge in [-0.1, -0.05) is 34.0 Å². The SMILES string of the molecule is Cc1nc(C)c(-c2cc(N3CCOCC3)cc(S(=O)(=O)[C@@H]3CCOC3)c2)s1.Cc1nc(N)sc1-c1cc(C(=O)[C@@H]2CCOC2)cc(N2CCOCC2)c1.Cc1nc(N)sc1-c1cc(N2CCOCC2)cc(S(=O)(=O)[C@@H]2CCOC2)c1.Cc1nc(N)sc1-c1cc(N2CCOCC2)cc(S(=O)(=O)[C@H]2CCOC2)c1.Cc1ncc(-c2cc(N3CCOCC3)cc(S(=O)(=O)[C@@H]3CCOC3)c2)s1. The third-order valence-corrected chi connectivity index (χ3v) is 38.6. The number of carbonyl (C=O) groups excluding carboxylic acids is 1. The minimum Gasteiger partial charge on any atom is -0.381 e. The molecule has 10 aromatic rings. The number of nitrogens with two attached hydrogens (primary N) is 3. The van der Waals surface area contributed by atoms with Gasteiger partial charge in [-0.2, -0.15) is 0 Å². The summed E-state index contributed by atoms with van der Waals surface area (Å²) in [6.07, 6.45) is 4.78. The predicted molar refractivity (Wildman–Crippen MR) is 523 cm³/mol. The van der Waals surface area contributed by atoms with Crippen molar-refractivity contribution < 1.29 is 85.8 Å². The molecule has 5 aromatic heterocycles. The van der Waals surface area contributed by atoms with Crippen LogP contribution in [0.2, 0.25) is 0 Å². The summed E-state index contributed by atoms with van der Waals surface area (Å²) in [6.45, 7) is 30.1. The average Bonchev–Trinajstić information content (AvgIpc) is 1.75. The van der Waals surface area contributed by atoms with Gasteiger partial charge in [-0.25, -0.2) is 58.6 Å². The lowest BCUT2D eigenvalue weighted by molar-refractivity contribution is 0.0900. The molecule has 10 saturated heterocycles. The number of rotatable bonds is 20. The van der Waals surface area contributed by atoms with Crippen LogP contribution in [0.15, 0.2) is 117 Å². The fraction of sp³-hybridized carbons (Fsp3) is 0.500. The number of nitrogen functional groups attached to an aromatic ring is 3. The van der Waals surface area contributed by atoms with Gasteiger partial charge in [0.05, 0.1) is 197 Å². The average molecular weight is 2000 g/mol. The van der Waals surface area contributed by atoms with E-state index in [2.05, 4.69) is 67.6 Å². The zero-order valence-corrected chi connectivity index (χ0v) is 82.9. The van der Waals surface area contributed by atoms with Crippen molar-refractivity contribution in [1.82, 2.24) is 24.9 Å². The Kier molecular flexibility index (Phi) is 32.1. The molecule has 0 unspecified atom stereocenters. The van der Waals surface area contributed by atoms with Gasteiger partial charge >= 0.3 is 0 Å². The second-order valence-corrected chi connectivity index (χ2v) is 48.4. The summed E-state index contributed by atoms with van der Waals surface area (Å²) < 4.78 is 159. The molecule has 41 heteroatoms. The number of anilines is 8. The first-order valence-electron chi connectivity index (χ1n) is 44.8. The van der Waals surface area contributed by atoms with Crippen LogP contribution >= 0.6 is 56.7 Å². The Bertz CT molecular complexity index is 5840. The number of Topliss-reactive ketones (excluding diaryl/α,β-unsaturated/α-hetero) is 1. The van der Waals surface area contributed by atoms with Crippen molar-refractivity contribution in [2.75, 3.05) is 239 Å². The lowest BCUT2D eigenvalue weighted by atomic mass is 9.94. The molecule has 5 atom stereocenters. The predicted octanol–water partition coefficient (Wildman–Crippen LogP) is 12.3. The number of carbonyl (C=O) groups is 1. The normalized spacial score (nSPS) is 20.9. The van der Waals surface area contributed by atoms with Gasteiger partial charge in [0.25, 0.3) is 0 Å². The summed E-state index contributed by atoms with van der Waals surface area (Å²) in [5, 5.41) is 1.55. The Morgan fingerprint density at radius 1 is 0.308 bits per heavy atom. The molecular weight excluding hydrogens is 1880 g/mol. The number of sulfone groups is 4. The fourth-order valence-electron chi connectivity index (χ4n) is 17.6. The molecule has 5 aromatic carbocycles. The van der Waals surface area contributed by atoms with E-state index < -0.39 is 60.3 Å². The van der Waals surface area contributed by atoms with Crippen molar-refractivity contribution in [3.8, 4) is 52.2 Å². The van der Waals surface area contributed by atoms with E-state index in [0.29, 0.717) is 166 Å². The maximum absolute atomic E-state index is 13.2. The standard InChI is InChI=1S/C19H23N3O3S.C19H24N2O4S2.2C18H23N3O4S2.C18H22N2O4S2/c1-12-18(26-19(20)21-12)15-8-14(17(23)13-2-5-25-11-13)9-16(10-15)22-3-6-24-7-4-22;1-13-19(26-14(2)20-13)15-9-16(21-4-7-24-8-5-21)11-18(10-15)27(22,23)17-3-6-25-12-17;2*1-12-17(26-18(19)20-12)13-8-14(21-3-6-24-7-4-21)10-16(9-13)27(22,23)15-2-5-25-11-15;1-13-19-11-18(25-13)14-8-15(20-3-6-23-7-4-20)10-17(9-14)26(21,22)16-2-5-24-12-16/h8-10,13H,2-7,11H2,1H3,(H2,20,21);9-11,17H,3-8,12H2,1-2H3;2*8-10,15H,2-7,11H2,1H3,(H2,19,20);8-11,16H,2-7,12H2,1H3/t13-;17-;2*15-;16-/m11101/s1. The van der Waals surface area contributed by atoms with E-state index in [-0.39, 0.29) is 38.1 Å². The molecule has 0 spiro atoms. The number of morpholine rings is 5. The van der Waals surface area contributed by atoms with Gasteiger partial charge < -0.3 is 89.1 Å². The lowest BCUT2D eigenvalue weighted by Gasteiger charge is -2.29. The highest BCUT2D eigenvalue weighted by atomic mass is 32.2. The first-order valence-corrected chi connectivity index (χ1v) is 55.1. The number of hydrogen-bond acceptors (Lipinski definition) is 37.